The minimum Gasteiger partial charge on any atom is -0.491 e. The molecule has 2 saturated heterocycles. The lowest BCUT2D eigenvalue weighted by molar-refractivity contribution is -0.147. The maximum absolute atomic E-state index is 14.5. The van der Waals surface area contributed by atoms with Gasteiger partial charge in [0.25, 0.3) is 5.91 Å². The van der Waals surface area contributed by atoms with Gasteiger partial charge in [0.1, 0.15) is 29.3 Å². The fourth-order valence-corrected chi connectivity index (χ4v) is 7.52. The fourth-order valence-electron chi connectivity index (χ4n) is 7.52. The maximum Gasteiger partial charge on any atom is 0.410 e. The summed E-state index contributed by atoms with van der Waals surface area (Å²) in [5.74, 6) is 0.991. The third kappa shape index (κ3) is 12.1. The molecule has 1 aliphatic carbocycles. The average Bonchev–Trinajstić information content (AvgIpc) is 3.88. The van der Waals surface area contributed by atoms with Gasteiger partial charge in [-0.1, -0.05) is 18.2 Å². The second-order valence-electron chi connectivity index (χ2n) is 18.4. The average molecular weight is 830 g/mol. The summed E-state index contributed by atoms with van der Waals surface area (Å²) in [4.78, 5) is 60.6. The molecule has 60 heavy (non-hydrogen) atoms. The predicted octanol–water partition coefficient (Wildman–Crippen LogP) is 6.62. The lowest BCUT2D eigenvalue weighted by Crippen LogP contribution is -2.57. The first-order valence-electron chi connectivity index (χ1n) is 21.2. The van der Waals surface area contributed by atoms with Gasteiger partial charge in [0, 0.05) is 80.9 Å². The van der Waals surface area contributed by atoms with Crippen molar-refractivity contribution in [1.29, 1.82) is 0 Å². The van der Waals surface area contributed by atoms with E-state index in [0.717, 1.165) is 54.6 Å². The Morgan fingerprint density at radius 3 is 2.23 bits per heavy atom. The van der Waals surface area contributed by atoms with Crippen molar-refractivity contribution in [3.8, 4) is 22.6 Å². The molecule has 0 bridgehead atoms. The van der Waals surface area contributed by atoms with E-state index in [1.807, 2.05) is 95.1 Å². The Bertz CT molecular complexity index is 1960. The molecule has 0 unspecified atom stereocenters. The first kappa shape index (κ1) is 44.1. The summed E-state index contributed by atoms with van der Waals surface area (Å²) in [7, 11) is 0. The van der Waals surface area contributed by atoms with Crippen LogP contribution in [0.2, 0.25) is 0 Å². The van der Waals surface area contributed by atoms with Gasteiger partial charge in [-0.25, -0.2) is 9.59 Å². The summed E-state index contributed by atoms with van der Waals surface area (Å²) in [6.45, 7) is 18.3. The Kier molecular flexibility index (Phi) is 13.5. The molecule has 3 fully saturated rings. The molecule has 4 amide bonds. The molecule has 15 heteroatoms. The second-order valence-corrected chi connectivity index (χ2v) is 18.4. The summed E-state index contributed by atoms with van der Waals surface area (Å²) >= 11 is 0. The predicted molar refractivity (Wildman–Crippen MR) is 228 cm³/mol. The first-order chi connectivity index (χ1) is 28.3. The highest BCUT2D eigenvalue weighted by molar-refractivity contribution is 5.85. The van der Waals surface area contributed by atoms with Crippen LogP contribution in [0.5, 0.6) is 11.5 Å². The number of ether oxygens (including phenoxy) is 4. The van der Waals surface area contributed by atoms with Crippen LogP contribution in [0, 0.1) is 5.92 Å². The monoisotopic (exact) mass is 829 g/mol. The molecule has 6 rings (SSSR count). The van der Waals surface area contributed by atoms with Gasteiger partial charge in [-0.2, -0.15) is 5.10 Å². The van der Waals surface area contributed by atoms with Crippen LogP contribution in [-0.4, -0.2) is 124 Å². The van der Waals surface area contributed by atoms with E-state index in [1.54, 1.807) is 29.8 Å². The molecule has 1 saturated carbocycles. The number of benzene rings is 2. The van der Waals surface area contributed by atoms with E-state index < -0.39 is 22.9 Å². The van der Waals surface area contributed by atoms with Crippen molar-refractivity contribution >= 4 is 29.7 Å². The standard InChI is InChI=1S/C45H63N7O8/c1-43(2,3)59-41(55)46-18-24-57-38-25-31(34-27-47-48-28-34)14-15-32(38)30-52(35-16-17-35)39(53)33-11-10-19-51(29-33)36-12-9-13-37(26-36)58-45(7,8)40(54)49-20-22-50(23-21-49)42(56)60-44(4,5)6/h9,12-15,25-28,33,35H,10-11,16-24,29-30H2,1-8H3,(H,46,55)(H,47,48)/t33-/m1/s1. The van der Waals surface area contributed by atoms with Gasteiger partial charge in [0.15, 0.2) is 5.60 Å². The van der Waals surface area contributed by atoms with E-state index in [9.17, 15) is 19.2 Å². The van der Waals surface area contributed by atoms with Crippen LogP contribution < -0.4 is 19.7 Å². The Labute approximate surface area is 354 Å². The van der Waals surface area contributed by atoms with E-state index in [2.05, 4.69) is 20.4 Å². The van der Waals surface area contributed by atoms with Gasteiger partial charge >= 0.3 is 12.2 Å². The number of aromatic nitrogens is 2. The number of piperidine rings is 1. The number of H-pyrrole nitrogens is 1. The summed E-state index contributed by atoms with van der Waals surface area (Å²) in [5.41, 5.74) is 1.32. The number of hydrogen-bond acceptors (Lipinski definition) is 10. The third-order valence-corrected chi connectivity index (χ3v) is 10.6. The molecular weight excluding hydrogens is 767 g/mol. The summed E-state index contributed by atoms with van der Waals surface area (Å²) in [6.07, 6.45) is 6.25. The quantitative estimate of drug-likeness (QED) is 0.179. The number of anilines is 1. The highest BCUT2D eigenvalue weighted by Gasteiger charge is 2.39. The van der Waals surface area contributed by atoms with Gasteiger partial charge in [-0.3, -0.25) is 14.7 Å². The van der Waals surface area contributed by atoms with Crippen molar-refractivity contribution in [2.75, 3.05) is 57.3 Å². The van der Waals surface area contributed by atoms with Crippen LogP contribution in [0.3, 0.4) is 0 Å². The van der Waals surface area contributed by atoms with Gasteiger partial charge in [-0.15, -0.1) is 0 Å². The lowest BCUT2D eigenvalue weighted by Gasteiger charge is -2.39. The van der Waals surface area contributed by atoms with Crippen LogP contribution in [0.4, 0.5) is 15.3 Å². The molecule has 1 aromatic heterocycles. The van der Waals surface area contributed by atoms with Gasteiger partial charge in [0.2, 0.25) is 5.91 Å². The van der Waals surface area contributed by atoms with Crippen LogP contribution in [-0.2, 0) is 25.6 Å². The molecular formula is C45H63N7O8. The molecule has 1 atom stereocenters. The molecule has 326 valence electrons. The van der Waals surface area contributed by atoms with Crippen molar-refractivity contribution in [2.24, 2.45) is 5.92 Å². The number of piperazine rings is 1. The molecule has 0 spiro atoms. The zero-order valence-corrected chi connectivity index (χ0v) is 36.5. The number of hydrogen-bond donors (Lipinski definition) is 2. The lowest BCUT2D eigenvalue weighted by atomic mass is 9.95. The van der Waals surface area contributed by atoms with E-state index in [4.69, 9.17) is 18.9 Å². The van der Waals surface area contributed by atoms with Crippen LogP contribution in [0.1, 0.15) is 86.6 Å². The molecule has 3 aromatic rings. The molecule has 2 N–H and O–H groups in total. The molecule has 3 aliphatic rings. The van der Waals surface area contributed by atoms with E-state index in [0.29, 0.717) is 50.8 Å². The van der Waals surface area contributed by atoms with Gasteiger partial charge in [0.05, 0.1) is 18.7 Å². The number of nitrogens with zero attached hydrogens (tertiary/aromatic N) is 5. The summed E-state index contributed by atoms with van der Waals surface area (Å²) in [5, 5.41) is 9.71. The number of nitrogens with one attached hydrogen (secondary N) is 2. The van der Waals surface area contributed by atoms with Crippen LogP contribution in [0.25, 0.3) is 11.1 Å². The van der Waals surface area contributed by atoms with E-state index in [1.165, 1.54) is 0 Å². The Hall–Kier alpha value is -5.47. The van der Waals surface area contributed by atoms with Crippen LogP contribution >= 0.6 is 0 Å². The molecule has 3 heterocycles. The number of aromatic amines is 1. The normalized spacial score (nSPS) is 17.5. The Morgan fingerprint density at radius 1 is 0.850 bits per heavy atom. The van der Waals surface area contributed by atoms with Crippen LogP contribution in [0.15, 0.2) is 54.9 Å². The zero-order valence-electron chi connectivity index (χ0n) is 36.5. The largest absolute Gasteiger partial charge is 0.491 e. The fraction of sp³-hybridized carbons (Fsp3) is 0.578. The smallest absolute Gasteiger partial charge is 0.410 e. The molecule has 0 radical (unpaired) electrons. The number of amides is 4. The number of carbonyl (C=O) groups excluding carboxylic acids is 4. The highest BCUT2D eigenvalue weighted by Crippen LogP contribution is 2.36. The SMILES string of the molecule is CC(C)(C)OC(=O)NCCOc1cc(-c2cn[nH]c2)ccc1CN(C(=O)[C@@H]1CCCN(c2cccc(OC(C)(C)C(=O)N3CCN(C(=O)OC(C)(C)C)CC3)c2)C1)C1CC1. The number of carbonyl (C=O) groups is 4. The highest BCUT2D eigenvalue weighted by atomic mass is 16.6. The van der Waals surface area contributed by atoms with Crippen molar-refractivity contribution in [2.45, 2.75) is 110 Å². The third-order valence-electron chi connectivity index (χ3n) is 10.6. The van der Waals surface area contributed by atoms with E-state index in [-0.39, 0.29) is 43.0 Å². The number of alkyl carbamates (subject to hydrolysis) is 1. The minimum absolute atomic E-state index is 0.129. The summed E-state index contributed by atoms with van der Waals surface area (Å²) in [6, 6.07) is 13.9. The molecule has 2 aliphatic heterocycles. The first-order valence-corrected chi connectivity index (χ1v) is 21.2. The molecule has 15 nitrogen and oxygen atoms in total. The van der Waals surface area contributed by atoms with Gasteiger partial charge in [-0.05, 0) is 105 Å². The minimum atomic E-state index is -1.15. The van der Waals surface area contributed by atoms with E-state index >= 15 is 0 Å². The Morgan fingerprint density at radius 2 is 1.57 bits per heavy atom. The maximum atomic E-state index is 14.5. The Balaban J connectivity index is 1.08. The summed E-state index contributed by atoms with van der Waals surface area (Å²) < 4.78 is 23.5. The van der Waals surface area contributed by atoms with Crippen molar-refractivity contribution in [1.82, 2.24) is 30.2 Å². The number of rotatable bonds is 13. The van der Waals surface area contributed by atoms with Gasteiger partial charge < -0.3 is 43.9 Å². The zero-order chi connectivity index (χ0) is 43.2. The second kappa shape index (κ2) is 18.4. The van der Waals surface area contributed by atoms with Crippen molar-refractivity contribution in [3.63, 3.8) is 0 Å². The van der Waals surface area contributed by atoms with Crippen molar-refractivity contribution < 1.29 is 38.1 Å². The molecule has 2 aromatic carbocycles. The topological polar surface area (TPSA) is 159 Å². The van der Waals surface area contributed by atoms with Crippen molar-refractivity contribution in [3.05, 3.63) is 60.4 Å².